The van der Waals surface area contributed by atoms with Crippen molar-refractivity contribution in [2.45, 2.75) is 16.1 Å². The van der Waals surface area contributed by atoms with Crippen molar-refractivity contribution >= 4 is 50.0 Å². The van der Waals surface area contributed by atoms with Crippen molar-refractivity contribution < 1.29 is 4.42 Å². The topological polar surface area (TPSA) is 51.8 Å². The van der Waals surface area contributed by atoms with E-state index in [4.69, 9.17) is 19.4 Å². The summed E-state index contributed by atoms with van der Waals surface area (Å²) in [5.74, 6) is 2.19. The lowest BCUT2D eigenvalue weighted by atomic mass is 9.89. The van der Waals surface area contributed by atoms with Gasteiger partial charge in [0.1, 0.15) is 11.2 Å². The monoisotopic (exact) mass is 631 g/mol. The highest BCUT2D eigenvalue weighted by atomic mass is 32.2. The molecule has 2 unspecified atom stereocenters. The van der Waals surface area contributed by atoms with E-state index in [0.717, 1.165) is 44.0 Å². The van der Waals surface area contributed by atoms with Crippen LogP contribution in [0, 0.1) is 0 Å². The molecule has 2 aliphatic carbocycles. The highest BCUT2D eigenvalue weighted by Gasteiger charge is 2.33. The Morgan fingerprint density at radius 3 is 2.15 bits per heavy atom. The molecule has 224 valence electrons. The fourth-order valence-electron chi connectivity index (χ4n) is 7.84. The van der Waals surface area contributed by atoms with Crippen molar-refractivity contribution in [1.82, 2.24) is 15.0 Å². The van der Waals surface area contributed by atoms with Gasteiger partial charge in [-0.2, -0.15) is 0 Å². The summed E-state index contributed by atoms with van der Waals surface area (Å²) in [4.78, 5) is 16.7. The van der Waals surface area contributed by atoms with E-state index in [0.29, 0.717) is 22.7 Å². The van der Waals surface area contributed by atoms with E-state index in [1.54, 1.807) is 0 Å². The van der Waals surface area contributed by atoms with Crippen molar-refractivity contribution in [1.29, 1.82) is 0 Å². The first-order chi connectivity index (χ1) is 23.8. The standard InChI is InChI=1S/C43H25N3OS/c1-2-10-24(11-3-1)41-44-42(25-20-21-37-33(22-25)28-14-6-7-19-36(28)48-37)46-43(45-41)32-18-9-16-30-35-23-34-27-13-5-4-12-26(27)29-15-8-17-31(38(29)34)40(35)47-39(30)32/h1-23,33,37H. The maximum absolute atomic E-state index is 6.88. The van der Waals surface area contributed by atoms with Crippen molar-refractivity contribution in [3.8, 4) is 45.0 Å². The van der Waals surface area contributed by atoms with Crippen LogP contribution >= 0.6 is 11.8 Å². The molecule has 0 spiro atoms. The van der Waals surface area contributed by atoms with Gasteiger partial charge in [-0.05, 0) is 46.0 Å². The Labute approximate surface area is 280 Å². The number of nitrogens with zero attached hydrogens (tertiary/aromatic N) is 3. The SMILES string of the molecule is C1=CC2Sc3ccccc3C2C=C1c1nc(-c2ccccc2)nc(-c2cccc3c2oc2c4cccc5c4c(cc32)-c2ccccc2-5)n1. The summed E-state index contributed by atoms with van der Waals surface area (Å²) in [6.45, 7) is 0. The number of fused-ring (bicyclic) bond motifs is 10. The Morgan fingerprint density at radius 1 is 0.542 bits per heavy atom. The molecule has 4 nitrogen and oxygen atoms in total. The molecule has 11 rings (SSSR count). The molecule has 8 aromatic rings. The van der Waals surface area contributed by atoms with E-state index in [2.05, 4.69) is 121 Å². The molecule has 0 fully saturated rings. The third-order valence-electron chi connectivity index (χ3n) is 10.0. The Bertz CT molecular complexity index is 2720. The second-order valence-corrected chi connectivity index (χ2v) is 13.9. The van der Waals surface area contributed by atoms with Gasteiger partial charge < -0.3 is 4.42 Å². The number of para-hydroxylation sites is 1. The summed E-state index contributed by atoms with van der Waals surface area (Å²) in [6, 6.07) is 42.7. The number of aromatic nitrogens is 3. The minimum Gasteiger partial charge on any atom is -0.455 e. The van der Waals surface area contributed by atoms with Crippen LogP contribution in [0.5, 0.6) is 0 Å². The van der Waals surface area contributed by atoms with Crippen LogP contribution in [0.3, 0.4) is 0 Å². The third kappa shape index (κ3) is 3.71. The van der Waals surface area contributed by atoms with Gasteiger partial charge in [0.15, 0.2) is 17.5 Å². The zero-order valence-electron chi connectivity index (χ0n) is 25.6. The van der Waals surface area contributed by atoms with E-state index >= 15 is 0 Å². The number of furan rings is 1. The first-order valence-electron chi connectivity index (χ1n) is 16.3. The van der Waals surface area contributed by atoms with Gasteiger partial charge in [0.05, 0.1) is 5.56 Å². The normalized spacial score (nSPS) is 17.1. The van der Waals surface area contributed by atoms with Gasteiger partial charge >= 0.3 is 0 Å². The maximum atomic E-state index is 6.88. The number of thioether (sulfide) groups is 1. The van der Waals surface area contributed by atoms with Crippen LogP contribution in [-0.2, 0) is 0 Å². The molecule has 2 aromatic heterocycles. The number of hydrogen-bond donors (Lipinski definition) is 0. The van der Waals surface area contributed by atoms with Gasteiger partial charge in [0, 0.05) is 48.7 Å². The van der Waals surface area contributed by atoms with Crippen molar-refractivity contribution in [2.24, 2.45) is 0 Å². The van der Waals surface area contributed by atoms with Crippen LogP contribution in [-0.4, -0.2) is 20.2 Å². The predicted octanol–water partition coefficient (Wildman–Crippen LogP) is 11.1. The lowest BCUT2D eigenvalue weighted by Crippen LogP contribution is -2.11. The summed E-state index contributed by atoms with van der Waals surface area (Å²) in [5.41, 5.74) is 10.9. The molecular weight excluding hydrogens is 607 g/mol. The number of benzene rings is 6. The second kappa shape index (κ2) is 9.86. The molecule has 0 N–H and O–H groups in total. The molecular formula is C43H25N3OS. The Morgan fingerprint density at radius 2 is 1.25 bits per heavy atom. The van der Waals surface area contributed by atoms with Crippen LogP contribution in [0.1, 0.15) is 17.3 Å². The smallest absolute Gasteiger partial charge is 0.167 e. The van der Waals surface area contributed by atoms with Gasteiger partial charge in [-0.1, -0.05) is 121 Å². The highest BCUT2D eigenvalue weighted by molar-refractivity contribution is 8.00. The van der Waals surface area contributed by atoms with Gasteiger partial charge in [-0.3, -0.25) is 0 Å². The first-order valence-corrected chi connectivity index (χ1v) is 17.1. The molecule has 3 aliphatic rings. The van der Waals surface area contributed by atoms with E-state index in [1.807, 2.05) is 30.0 Å². The summed E-state index contributed by atoms with van der Waals surface area (Å²) < 4.78 is 6.88. The zero-order valence-corrected chi connectivity index (χ0v) is 26.4. The van der Waals surface area contributed by atoms with Crippen LogP contribution in [0.15, 0.2) is 149 Å². The molecule has 6 aromatic carbocycles. The average molecular weight is 632 g/mol. The molecule has 1 aliphatic heterocycles. The zero-order chi connectivity index (χ0) is 31.3. The third-order valence-corrected chi connectivity index (χ3v) is 11.4. The Hall–Kier alpha value is -5.78. The van der Waals surface area contributed by atoms with Gasteiger partial charge in [-0.15, -0.1) is 11.8 Å². The molecule has 0 saturated carbocycles. The van der Waals surface area contributed by atoms with Crippen molar-refractivity contribution in [3.05, 3.63) is 151 Å². The molecule has 2 atom stereocenters. The molecule has 0 amide bonds. The largest absolute Gasteiger partial charge is 0.455 e. The minimum absolute atomic E-state index is 0.279. The summed E-state index contributed by atoms with van der Waals surface area (Å²) >= 11 is 1.93. The van der Waals surface area contributed by atoms with Crippen LogP contribution in [0.25, 0.3) is 83.3 Å². The Kier molecular flexibility index (Phi) is 5.41. The molecule has 3 heterocycles. The van der Waals surface area contributed by atoms with E-state index in [9.17, 15) is 0 Å². The second-order valence-electron chi connectivity index (χ2n) is 12.7. The van der Waals surface area contributed by atoms with Crippen LogP contribution in [0.4, 0.5) is 0 Å². The number of allylic oxidation sites excluding steroid dienone is 3. The summed E-state index contributed by atoms with van der Waals surface area (Å²) in [5, 5.41) is 4.91. The summed E-state index contributed by atoms with van der Waals surface area (Å²) in [6.07, 6.45) is 6.81. The lowest BCUT2D eigenvalue weighted by molar-refractivity contribution is 0.673. The van der Waals surface area contributed by atoms with Crippen molar-refractivity contribution in [3.63, 3.8) is 0 Å². The quantitative estimate of drug-likeness (QED) is 0.194. The first kappa shape index (κ1) is 26.3. The van der Waals surface area contributed by atoms with Crippen molar-refractivity contribution in [2.75, 3.05) is 0 Å². The lowest BCUT2D eigenvalue weighted by Gasteiger charge is -2.19. The molecule has 48 heavy (non-hydrogen) atoms. The van der Waals surface area contributed by atoms with E-state index < -0.39 is 0 Å². The molecule has 0 radical (unpaired) electrons. The van der Waals surface area contributed by atoms with Gasteiger partial charge in [-0.25, -0.2) is 15.0 Å². The van der Waals surface area contributed by atoms with E-state index in [1.165, 1.54) is 38.1 Å². The maximum Gasteiger partial charge on any atom is 0.167 e. The van der Waals surface area contributed by atoms with Gasteiger partial charge in [0.2, 0.25) is 0 Å². The Balaban J connectivity index is 1.13. The molecule has 0 bridgehead atoms. The highest BCUT2D eigenvalue weighted by Crippen LogP contribution is 2.52. The number of hydrogen-bond acceptors (Lipinski definition) is 5. The fraction of sp³-hybridized carbons (Fsp3) is 0.0465. The minimum atomic E-state index is 0.279. The van der Waals surface area contributed by atoms with Crippen LogP contribution < -0.4 is 0 Å². The van der Waals surface area contributed by atoms with Gasteiger partial charge in [0.25, 0.3) is 0 Å². The molecule has 5 heteroatoms. The fourth-order valence-corrected chi connectivity index (χ4v) is 9.16. The predicted molar refractivity (Wildman–Crippen MR) is 196 cm³/mol. The van der Waals surface area contributed by atoms with Crippen LogP contribution in [0.2, 0.25) is 0 Å². The molecule has 0 saturated heterocycles. The number of rotatable bonds is 3. The van der Waals surface area contributed by atoms with E-state index in [-0.39, 0.29) is 5.92 Å². The average Bonchev–Trinajstić information content (AvgIpc) is 3.82. The summed E-state index contributed by atoms with van der Waals surface area (Å²) in [7, 11) is 0.